The summed E-state index contributed by atoms with van der Waals surface area (Å²) in [6.45, 7) is 2.10. The van der Waals surface area contributed by atoms with E-state index in [1.54, 1.807) is 0 Å². The number of rotatable bonds is 3. The van der Waals surface area contributed by atoms with Crippen molar-refractivity contribution in [1.29, 1.82) is 0 Å². The SMILES string of the molecule is CN1CCC(NC(=O)Cc2ccc(Br)c(Cl)c2)CC1. The Hall–Kier alpha value is -0.580. The van der Waals surface area contributed by atoms with E-state index in [0.717, 1.165) is 36.0 Å². The van der Waals surface area contributed by atoms with Gasteiger partial charge in [0.1, 0.15) is 0 Å². The Bertz CT molecular complexity index is 459. The van der Waals surface area contributed by atoms with Crippen LogP contribution in [0.4, 0.5) is 0 Å². The second-order valence-corrected chi connectivity index (χ2v) is 6.33. The first-order chi connectivity index (χ1) is 9.04. The van der Waals surface area contributed by atoms with Gasteiger partial charge < -0.3 is 10.2 Å². The van der Waals surface area contributed by atoms with Crippen molar-refractivity contribution < 1.29 is 4.79 Å². The van der Waals surface area contributed by atoms with E-state index >= 15 is 0 Å². The van der Waals surface area contributed by atoms with Gasteiger partial charge in [0.2, 0.25) is 5.91 Å². The molecule has 1 N–H and O–H groups in total. The highest BCUT2D eigenvalue weighted by atomic mass is 79.9. The molecule has 1 heterocycles. The average molecular weight is 346 g/mol. The lowest BCUT2D eigenvalue weighted by Gasteiger charge is -2.29. The van der Waals surface area contributed by atoms with Gasteiger partial charge in [-0.15, -0.1) is 0 Å². The number of amides is 1. The molecule has 0 atom stereocenters. The van der Waals surface area contributed by atoms with Crippen molar-refractivity contribution in [3.8, 4) is 0 Å². The van der Waals surface area contributed by atoms with Crippen LogP contribution < -0.4 is 5.32 Å². The lowest BCUT2D eigenvalue weighted by Crippen LogP contribution is -2.43. The first-order valence-corrected chi connectivity index (χ1v) is 7.63. The van der Waals surface area contributed by atoms with E-state index in [-0.39, 0.29) is 5.91 Å². The van der Waals surface area contributed by atoms with Crippen LogP contribution in [0, 0.1) is 0 Å². The maximum Gasteiger partial charge on any atom is 0.224 e. The molecule has 1 aromatic rings. The number of piperidine rings is 1. The summed E-state index contributed by atoms with van der Waals surface area (Å²) in [6.07, 6.45) is 2.45. The number of carbonyl (C=O) groups is 1. The Labute approximate surface area is 127 Å². The molecule has 3 nitrogen and oxygen atoms in total. The Morgan fingerprint density at radius 3 is 2.79 bits per heavy atom. The molecule has 19 heavy (non-hydrogen) atoms. The van der Waals surface area contributed by atoms with Crippen molar-refractivity contribution in [2.24, 2.45) is 0 Å². The van der Waals surface area contributed by atoms with Gasteiger partial charge in [-0.2, -0.15) is 0 Å². The van der Waals surface area contributed by atoms with E-state index in [9.17, 15) is 4.79 Å². The number of hydrogen-bond donors (Lipinski definition) is 1. The largest absolute Gasteiger partial charge is 0.353 e. The fourth-order valence-corrected chi connectivity index (χ4v) is 2.72. The molecule has 0 radical (unpaired) electrons. The second-order valence-electron chi connectivity index (χ2n) is 5.07. The van der Waals surface area contributed by atoms with Crippen LogP contribution in [0.1, 0.15) is 18.4 Å². The molecule has 1 amide bonds. The molecule has 1 aliphatic heterocycles. The molecule has 0 bridgehead atoms. The predicted molar refractivity (Wildman–Crippen MR) is 81.5 cm³/mol. The summed E-state index contributed by atoms with van der Waals surface area (Å²) in [6, 6.07) is 5.94. The Morgan fingerprint density at radius 1 is 1.47 bits per heavy atom. The topological polar surface area (TPSA) is 32.3 Å². The van der Waals surface area contributed by atoms with Crippen molar-refractivity contribution in [3.63, 3.8) is 0 Å². The van der Waals surface area contributed by atoms with Gasteiger partial charge in [-0.05, 0) is 66.6 Å². The van der Waals surface area contributed by atoms with Gasteiger partial charge in [0.25, 0.3) is 0 Å². The molecule has 1 saturated heterocycles. The summed E-state index contributed by atoms with van der Waals surface area (Å²) in [4.78, 5) is 14.3. The third-order valence-electron chi connectivity index (χ3n) is 3.43. The van der Waals surface area contributed by atoms with E-state index in [2.05, 4.69) is 33.2 Å². The van der Waals surface area contributed by atoms with E-state index < -0.39 is 0 Å². The molecule has 0 unspecified atom stereocenters. The highest BCUT2D eigenvalue weighted by Gasteiger charge is 2.18. The molecule has 0 aromatic heterocycles. The van der Waals surface area contributed by atoms with Crippen LogP contribution in [0.3, 0.4) is 0 Å². The third-order valence-corrected chi connectivity index (χ3v) is 4.66. The van der Waals surface area contributed by atoms with E-state index in [0.29, 0.717) is 17.5 Å². The molecule has 1 fully saturated rings. The fraction of sp³-hybridized carbons (Fsp3) is 0.500. The number of nitrogens with one attached hydrogen (secondary N) is 1. The predicted octanol–water partition coefficient (Wildman–Crippen LogP) is 2.86. The molecule has 2 rings (SSSR count). The van der Waals surface area contributed by atoms with Crippen LogP contribution in [0.2, 0.25) is 5.02 Å². The third kappa shape index (κ3) is 4.48. The molecule has 1 aromatic carbocycles. The Balaban J connectivity index is 1.85. The van der Waals surface area contributed by atoms with Crippen LogP contribution in [0.5, 0.6) is 0 Å². The zero-order valence-electron chi connectivity index (χ0n) is 11.0. The van der Waals surface area contributed by atoms with Gasteiger partial charge in [0, 0.05) is 10.5 Å². The van der Waals surface area contributed by atoms with E-state index in [1.807, 2.05) is 18.2 Å². The van der Waals surface area contributed by atoms with Gasteiger partial charge in [-0.25, -0.2) is 0 Å². The van der Waals surface area contributed by atoms with Gasteiger partial charge in [0.05, 0.1) is 11.4 Å². The molecule has 0 aliphatic carbocycles. The molecule has 5 heteroatoms. The highest BCUT2D eigenvalue weighted by molar-refractivity contribution is 9.10. The number of carbonyl (C=O) groups excluding carboxylic acids is 1. The zero-order valence-corrected chi connectivity index (χ0v) is 13.3. The standard InChI is InChI=1S/C14H18BrClN2O/c1-18-6-4-11(5-7-18)17-14(19)9-10-2-3-12(15)13(16)8-10/h2-3,8,11H,4-7,9H2,1H3,(H,17,19). The summed E-state index contributed by atoms with van der Waals surface area (Å²) in [5.41, 5.74) is 0.943. The first kappa shape index (κ1) is 14.8. The van der Waals surface area contributed by atoms with Crippen molar-refractivity contribution in [2.45, 2.75) is 25.3 Å². The van der Waals surface area contributed by atoms with Crippen LogP contribution in [-0.2, 0) is 11.2 Å². The summed E-state index contributed by atoms with van der Waals surface area (Å²) in [5, 5.41) is 3.74. The minimum atomic E-state index is 0.0768. The lowest BCUT2D eigenvalue weighted by molar-refractivity contribution is -0.121. The van der Waals surface area contributed by atoms with Crippen molar-refractivity contribution >= 4 is 33.4 Å². The van der Waals surface area contributed by atoms with Gasteiger partial charge in [-0.3, -0.25) is 4.79 Å². The number of nitrogens with zero attached hydrogens (tertiary/aromatic N) is 1. The number of likely N-dealkylation sites (tertiary alicyclic amines) is 1. The highest BCUT2D eigenvalue weighted by Crippen LogP contribution is 2.23. The summed E-state index contributed by atoms with van der Waals surface area (Å²) < 4.78 is 0.855. The maximum atomic E-state index is 12.0. The Morgan fingerprint density at radius 2 is 2.16 bits per heavy atom. The molecule has 1 aliphatic rings. The van der Waals surface area contributed by atoms with Crippen LogP contribution in [0.25, 0.3) is 0 Å². The number of hydrogen-bond acceptors (Lipinski definition) is 2. The fourth-order valence-electron chi connectivity index (χ4n) is 2.27. The van der Waals surface area contributed by atoms with Crippen LogP contribution >= 0.6 is 27.5 Å². The molecule has 0 spiro atoms. The first-order valence-electron chi connectivity index (χ1n) is 6.46. The van der Waals surface area contributed by atoms with E-state index in [4.69, 9.17) is 11.6 Å². The molecule has 104 valence electrons. The van der Waals surface area contributed by atoms with Gasteiger partial charge in [0.15, 0.2) is 0 Å². The number of halogens is 2. The quantitative estimate of drug-likeness (QED) is 0.913. The van der Waals surface area contributed by atoms with Crippen LogP contribution in [0.15, 0.2) is 22.7 Å². The molecule has 0 saturated carbocycles. The van der Waals surface area contributed by atoms with E-state index in [1.165, 1.54) is 0 Å². The smallest absolute Gasteiger partial charge is 0.224 e. The normalized spacial score (nSPS) is 17.4. The minimum Gasteiger partial charge on any atom is -0.353 e. The van der Waals surface area contributed by atoms with Crippen molar-refractivity contribution in [3.05, 3.63) is 33.3 Å². The lowest BCUT2D eigenvalue weighted by atomic mass is 10.0. The monoisotopic (exact) mass is 344 g/mol. The maximum absolute atomic E-state index is 12.0. The summed E-state index contributed by atoms with van der Waals surface area (Å²) in [5.74, 6) is 0.0768. The molecular formula is C14H18BrClN2O. The minimum absolute atomic E-state index is 0.0768. The Kier molecular flexibility index (Phi) is 5.25. The second kappa shape index (κ2) is 6.73. The van der Waals surface area contributed by atoms with Gasteiger partial charge in [-0.1, -0.05) is 17.7 Å². The average Bonchev–Trinajstić information content (AvgIpc) is 2.37. The summed E-state index contributed by atoms with van der Waals surface area (Å²) in [7, 11) is 2.11. The molecular weight excluding hydrogens is 328 g/mol. The zero-order chi connectivity index (χ0) is 13.8. The van der Waals surface area contributed by atoms with Crippen molar-refractivity contribution in [1.82, 2.24) is 10.2 Å². The van der Waals surface area contributed by atoms with Crippen LogP contribution in [-0.4, -0.2) is 37.0 Å². The number of benzene rings is 1. The van der Waals surface area contributed by atoms with Crippen molar-refractivity contribution in [2.75, 3.05) is 20.1 Å². The summed E-state index contributed by atoms with van der Waals surface area (Å²) >= 11 is 9.36. The van der Waals surface area contributed by atoms with Gasteiger partial charge >= 0.3 is 0 Å².